The van der Waals surface area contributed by atoms with Crippen molar-refractivity contribution in [3.05, 3.63) is 60.5 Å². The molecule has 0 spiro atoms. The Kier molecular flexibility index (Phi) is 5.95. The summed E-state index contributed by atoms with van der Waals surface area (Å²) in [5.41, 5.74) is 1.08. The molecule has 1 amide bonds. The van der Waals surface area contributed by atoms with Gasteiger partial charge >= 0.3 is 6.01 Å². The first-order valence-corrected chi connectivity index (χ1v) is 10.9. The smallest absolute Gasteiger partial charge is 0.321 e. The highest BCUT2D eigenvalue weighted by atomic mass is 32.2. The zero-order chi connectivity index (χ0) is 23.4. The van der Waals surface area contributed by atoms with E-state index in [-0.39, 0.29) is 28.3 Å². The molecule has 0 aliphatic rings. The van der Waals surface area contributed by atoms with Crippen LogP contribution in [0.15, 0.2) is 64.1 Å². The van der Waals surface area contributed by atoms with Gasteiger partial charge in [-0.05, 0) is 36.4 Å². The van der Waals surface area contributed by atoms with E-state index >= 15 is 0 Å². The molecule has 4 aromatic rings. The number of nitrogens with one attached hydrogen (secondary N) is 3. The Hall–Kier alpha value is -4.39. The Morgan fingerprint density at radius 1 is 1.06 bits per heavy atom. The van der Waals surface area contributed by atoms with Gasteiger partial charge in [0.05, 0.1) is 25.4 Å². The molecule has 0 radical (unpaired) electrons. The van der Waals surface area contributed by atoms with Crippen molar-refractivity contribution < 1.29 is 27.1 Å². The van der Waals surface area contributed by atoms with Gasteiger partial charge in [-0.1, -0.05) is 0 Å². The van der Waals surface area contributed by atoms with Crippen LogP contribution in [0.25, 0.3) is 11.5 Å². The van der Waals surface area contributed by atoms with E-state index in [9.17, 15) is 13.2 Å². The normalized spacial score (nSPS) is 11.1. The minimum Gasteiger partial charge on any atom is -0.481 e. The van der Waals surface area contributed by atoms with Gasteiger partial charge in [0.25, 0.3) is 15.9 Å². The Morgan fingerprint density at radius 2 is 1.85 bits per heavy atom. The first-order chi connectivity index (χ1) is 15.9. The Labute approximate surface area is 188 Å². The van der Waals surface area contributed by atoms with Gasteiger partial charge in [0.2, 0.25) is 5.88 Å². The third-order valence-corrected chi connectivity index (χ3v) is 5.70. The number of ether oxygens (including phenoxy) is 2. The fourth-order valence-corrected chi connectivity index (χ4v) is 3.75. The fraction of sp³-hybridized carbons (Fsp3) is 0.100. The van der Waals surface area contributed by atoms with Crippen LogP contribution in [0.4, 0.5) is 11.5 Å². The highest BCUT2D eigenvalue weighted by Gasteiger charge is 2.18. The van der Waals surface area contributed by atoms with Crippen LogP contribution in [0.5, 0.6) is 11.9 Å². The van der Waals surface area contributed by atoms with E-state index in [1.54, 1.807) is 18.2 Å². The van der Waals surface area contributed by atoms with E-state index in [0.29, 0.717) is 17.1 Å². The number of anilines is 2. The van der Waals surface area contributed by atoms with Crippen molar-refractivity contribution >= 4 is 27.4 Å². The third-order valence-electron chi connectivity index (χ3n) is 4.33. The van der Waals surface area contributed by atoms with Gasteiger partial charge in [0, 0.05) is 17.8 Å². The van der Waals surface area contributed by atoms with Crippen LogP contribution in [-0.2, 0) is 10.0 Å². The number of rotatable bonds is 8. The lowest BCUT2D eigenvalue weighted by Gasteiger charge is -2.10. The van der Waals surface area contributed by atoms with Crippen LogP contribution in [0, 0.1) is 0 Å². The van der Waals surface area contributed by atoms with Gasteiger partial charge in [0.1, 0.15) is 5.69 Å². The first kappa shape index (κ1) is 21.8. The quantitative estimate of drug-likeness (QED) is 0.351. The van der Waals surface area contributed by atoms with Gasteiger partial charge in [-0.3, -0.25) is 14.6 Å². The summed E-state index contributed by atoms with van der Waals surface area (Å²) in [5.74, 6) is 0.175. The molecule has 13 heteroatoms. The van der Waals surface area contributed by atoms with Crippen LogP contribution in [0.3, 0.4) is 0 Å². The molecule has 3 heterocycles. The summed E-state index contributed by atoms with van der Waals surface area (Å²) in [6.45, 7) is 0. The first-order valence-electron chi connectivity index (χ1n) is 9.38. The van der Waals surface area contributed by atoms with Crippen LogP contribution in [0.2, 0.25) is 0 Å². The van der Waals surface area contributed by atoms with E-state index in [1.165, 1.54) is 50.8 Å². The summed E-state index contributed by atoms with van der Waals surface area (Å²) < 4.78 is 43.0. The highest BCUT2D eigenvalue weighted by molar-refractivity contribution is 7.92. The van der Waals surface area contributed by atoms with Crippen LogP contribution in [-0.4, -0.2) is 48.7 Å². The summed E-state index contributed by atoms with van der Waals surface area (Å²) in [6.07, 6.45) is 1.51. The number of amides is 1. The summed E-state index contributed by atoms with van der Waals surface area (Å²) >= 11 is 0. The number of methoxy groups -OCH3 is 2. The van der Waals surface area contributed by atoms with Crippen molar-refractivity contribution in [1.82, 2.24) is 20.2 Å². The topological polar surface area (TPSA) is 161 Å². The monoisotopic (exact) mass is 470 g/mol. The van der Waals surface area contributed by atoms with E-state index in [0.717, 1.165) is 0 Å². The molecule has 170 valence electrons. The van der Waals surface area contributed by atoms with E-state index in [4.69, 9.17) is 13.9 Å². The predicted octanol–water partition coefficient (Wildman–Crippen LogP) is 2.53. The summed E-state index contributed by atoms with van der Waals surface area (Å²) in [6, 6.07) is 11.8. The maximum atomic E-state index is 12.7. The maximum absolute atomic E-state index is 12.7. The molecule has 0 fully saturated rings. The van der Waals surface area contributed by atoms with Crippen molar-refractivity contribution in [2.24, 2.45) is 0 Å². The van der Waals surface area contributed by atoms with E-state index < -0.39 is 15.9 Å². The second kappa shape index (κ2) is 9.00. The fourth-order valence-electron chi connectivity index (χ4n) is 2.76. The molecule has 4 rings (SSSR count). The number of carbonyl (C=O) groups is 1. The molecule has 0 aliphatic heterocycles. The Balaban J connectivity index is 1.46. The third kappa shape index (κ3) is 4.93. The molecule has 33 heavy (non-hydrogen) atoms. The summed E-state index contributed by atoms with van der Waals surface area (Å²) in [7, 11) is -1.24. The molecule has 0 atom stereocenters. The van der Waals surface area contributed by atoms with Crippen molar-refractivity contribution in [2.45, 2.75) is 4.90 Å². The van der Waals surface area contributed by atoms with Gasteiger partial charge in [-0.25, -0.2) is 8.42 Å². The summed E-state index contributed by atoms with van der Waals surface area (Å²) in [5, 5.41) is 9.34. The SMILES string of the molecule is COc1cc(NS(=O)(=O)c2ccc(NC(=O)c3cc(-c4ccco4)[nH]n3)cc2)nc(OC)n1. The predicted molar refractivity (Wildman–Crippen MR) is 117 cm³/mol. The van der Waals surface area contributed by atoms with Crippen molar-refractivity contribution in [2.75, 3.05) is 24.3 Å². The van der Waals surface area contributed by atoms with E-state index in [2.05, 4.69) is 30.2 Å². The largest absolute Gasteiger partial charge is 0.481 e. The number of nitrogens with zero attached hydrogens (tertiary/aromatic N) is 3. The van der Waals surface area contributed by atoms with Gasteiger partial charge < -0.3 is 19.2 Å². The number of hydrogen-bond acceptors (Lipinski definition) is 9. The number of hydrogen-bond donors (Lipinski definition) is 3. The molecule has 1 aromatic carbocycles. The van der Waals surface area contributed by atoms with Crippen LogP contribution in [0.1, 0.15) is 10.5 Å². The number of sulfonamides is 1. The zero-order valence-corrected chi connectivity index (χ0v) is 18.2. The molecule has 0 bridgehead atoms. The second-order valence-electron chi connectivity index (χ2n) is 6.51. The summed E-state index contributed by atoms with van der Waals surface area (Å²) in [4.78, 5) is 20.3. The molecule has 0 unspecified atom stereocenters. The number of aromatic amines is 1. The molecule has 12 nitrogen and oxygen atoms in total. The van der Waals surface area contributed by atoms with Crippen molar-refractivity contribution in [3.8, 4) is 23.3 Å². The second-order valence-corrected chi connectivity index (χ2v) is 8.19. The van der Waals surface area contributed by atoms with Crippen LogP contribution >= 0.6 is 0 Å². The number of aromatic nitrogens is 4. The maximum Gasteiger partial charge on any atom is 0.321 e. The lowest BCUT2D eigenvalue weighted by atomic mass is 10.2. The van der Waals surface area contributed by atoms with Crippen molar-refractivity contribution in [3.63, 3.8) is 0 Å². The average molecular weight is 470 g/mol. The van der Waals surface area contributed by atoms with Gasteiger partial charge in [0.15, 0.2) is 17.3 Å². The van der Waals surface area contributed by atoms with Gasteiger partial charge in [-0.15, -0.1) is 0 Å². The standard InChI is InChI=1S/C20H18N6O6S/c1-30-18-11-17(22-20(23-18)31-2)26-33(28,29)13-7-5-12(6-8-13)21-19(27)15-10-14(24-25-15)16-4-3-9-32-16/h3-11H,1-2H3,(H,21,27)(H,24,25)(H,22,23,26). The minimum atomic E-state index is -3.97. The molecular formula is C20H18N6O6S. The van der Waals surface area contributed by atoms with Crippen LogP contribution < -0.4 is 19.5 Å². The average Bonchev–Trinajstić information content (AvgIpc) is 3.51. The Morgan fingerprint density at radius 3 is 2.52 bits per heavy atom. The molecular weight excluding hydrogens is 452 g/mol. The molecule has 3 N–H and O–H groups in total. The van der Waals surface area contributed by atoms with Crippen molar-refractivity contribution in [1.29, 1.82) is 0 Å². The lowest BCUT2D eigenvalue weighted by Crippen LogP contribution is -2.15. The molecule has 0 saturated carbocycles. The number of benzene rings is 1. The number of carbonyl (C=O) groups excluding carboxylic acids is 1. The molecule has 0 saturated heterocycles. The Bertz CT molecular complexity index is 1340. The van der Waals surface area contributed by atoms with E-state index in [1.807, 2.05) is 0 Å². The minimum absolute atomic E-state index is 0.0260. The number of furan rings is 1. The highest BCUT2D eigenvalue weighted by Crippen LogP contribution is 2.22. The van der Waals surface area contributed by atoms with Gasteiger partial charge in [-0.2, -0.15) is 15.1 Å². The molecule has 3 aromatic heterocycles. The molecule has 0 aliphatic carbocycles. The lowest BCUT2D eigenvalue weighted by molar-refractivity contribution is 0.102. The zero-order valence-electron chi connectivity index (χ0n) is 17.4. The number of H-pyrrole nitrogens is 1.